The molecule has 5 heteroatoms. The fraction of sp³-hybridized carbons (Fsp3) is 0.667. The zero-order chi connectivity index (χ0) is 28.9. The van der Waals surface area contributed by atoms with E-state index in [0.29, 0.717) is 46.7 Å². The molecule has 1 aliphatic heterocycles. The van der Waals surface area contributed by atoms with E-state index in [-0.39, 0.29) is 23.4 Å². The molecule has 0 spiro atoms. The Hall–Kier alpha value is -2.56. The molecule has 0 radical (unpaired) electrons. The summed E-state index contributed by atoms with van der Waals surface area (Å²) < 4.78 is 12.8. The molecule has 3 fully saturated rings. The molecular weight excluding hydrogens is 510 g/mol. The van der Waals surface area contributed by atoms with Gasteiger partial charge in [0.05, 0.1) is 11.3 Å². The summed E-state index contributed by atoms with van der Waals surface area (Å²) in [6.45, 7) is 12.0. The Morgan fingerprint density at radius 3 is 2.66 bits per heavy atom. The number of amides is 1. The van der Waals surface area contributed by atoms with Crippen molar-refractivity contribution in [2.75, 3.05) is 6.54 Å². The minimum Gasteiger partial charge on any atom is -0.494 e. The lowest BCUT2D eigenvalue weighted by atomic mass is 9.47. The Kier molecular flexibility index (Phi) is 7.61. The van der Waals surface area contributed by atoms with Gasteiger partial charge in [-0.15, -0.1) is 0 Å². The van der Waals surface area contributed by atoms with Crippen LogP contribution in [0.5, 0.6) is 0 Å². The fourth-order valence-electron chi connectivity index (χ4n) is 9.90. The molecule has 0 saturated heterocycles. The van der Waals surface area contributed by atoms with E-state index in [1.807, 2.05) is 30.3 Å². The molecule has 1 N–H and O–H groups in total. The second-order valence-corrected chi connectivity index (χ2v) is 14.5. The molecule has 9 unspecified atom stereocenters. The van der Waals surface area contributed by atoms with Gasteiger partial charge in [-0.25, -0.2) is 4.79 Å². The maximum absolute atomic E-state index is 12.7. The van der Waals surface area contributed by atoms with Crippen molar-refractivity contribution in [2.45, 2.75) is 105 Å². The topological polar surface area (TPSA) is 64.6 Å². The largest absolute Gasteiger partial charge is 0.494 e. The van der Waals surface area contributed by atoms with Gasteiger partial charge >= 0.3 is 5.97 Å². The summed E-state index contributed by atoms with van der Waals surface area (Å²) in [7, 11) is 0. The predicted molar refractivity (Wildman–Crippen MR) is 161 cm³/mol. The maximum atomic E-state index is 12.7. The molecule has 9 atom stereocenters. The van der Waals surface area contributed by atoms with Crippen LogP contribution in [0.15, 0.2) is 53.3 Å². The van der Waals surface area contributed by atoms with Crippen LogP contribution in [0.3, 0.4) is 0 Å². The molecule has 4 aliphatic carbocycles. The number of benzene rings is 1. The van der Waals surface area contributed by atoms with Gasteiger partial charge in [0, 0.05) is 32.2 Å². The Morgan fingerprint density at radius 1 is 1.12 bits per heavy atom. The lowest BCUT2D eigenvalue weighted by Gasteiger charge is -2.58. The van der Waals surface area contributed by atoms with Crippen LogP contribution in [0.25, 0.3) is 0 Å². The lowest BCUT2D eigenvalue weighted by molar-refractivity contribution is -0.119. The number of rotatable bonds is 7. The van der Waals surface area contributed by atoms with Crippen LogP contribution in [0.4, 0.5) is 0 Å². The second-order valence-electron chi connectivity index (χ2n) is 14.5. The zero-order valence-corrected chi connectivity index (χ0v) is 25.7. The highest BCUT2D eigenvalue weighted by molar-refractivity contribution is 5.89. The van der Waals surface area contributed by atoms with Crippen LogP contribution in [0.1, 0.15) is 103 Å². The Morgan fingerprint density at radius 2 is 1.90 bits per heavy atom. The minimum absolute atomic E-state index is 0.0150. The number of fused-ring (bicyclic) bond motifs is 7. The molecule has 5 nitrogen and oxygen atoms in total. The quantitative estimate of drug-likeness (QED) is 0.276. The van der Waals surface area contributed by atoms with E-state index in [2.05, 4.69) is 39.1 Å². The summed E-state index contributed by atoms with van der Waals surface area (Å²) in [5.74, 6) is 4.21. The Bertz CT molecular complexity index is 1240. The molecule has 1 heterocycles. The molecule has 6 rings (SSSR count). The first-order valence-electron chi connectivity index (χ1n) is 16.2. The smallest absolute Gasteiger partial charge is 0.338 e. The third kappa shape index (κ3) is 5.06. The van der Waals surface area contributed by atoms with Gasteiger partial charge in [0.2, 0.25) is 5.91 Å². The Balaban J connectivity index is 1.12. The molecule has 41 heavy (non-hydrogen) atoms. The minimum atomic E-state index is -0.190. The third-order valence-corrected chi connectivity index (χ3v) is 12.1. The normalized spacial score (nSPS) is 38.0. The van der Waals surface area contributed by atoms with Crippen LogP contribution < -0.4 is 5.32 Å². The molecule has 0 aromatic heterocycles. The first kappa shape index (κ1) is 28.6. The first-order chi connectivity index (χ1) is 19.6. The summed E-state index contributed by atoms with van der Waals surface area (Å²) in [4.78, 5) is 24.0. The zero-order valence-electron chi connectivity index (χ0n) is 25.7. The highest BCUT2D eigenvalue weighted by atomic mass is 16.5. The van der Waals surface area contributed by atoms with Crippen molar-refractivity contribution in [2.24, 2.45) is 40.4 Å². The van der Waals surface area contributed by atoms with E-state index in [1.54, 1.807) is 12.5 Å². The van der Waals surface area contributed by atoms with E-state index >= 15 is 0 Å². The van der Waals surface area contributed by atoms with Gasteiger partial charge in [0.25, 0.3) is 0 Å². The monoisotopic (exact) mass is 559 g/mol. The number of hydrogen-bond acceptors (Lipinski definition) is 4. The van der Waals surface area contributed by atoms with Gasteiger partial charge < -0.3 is 14.8 Å². The summed E-state index contributed by atoms with van der Waals surface area (Å²) in [6.07, 6.45) is 12.8. The number of hydrogen-bond donors (Lipinski definition) is 1. The van der Waals surface area contributed by atoms with E-state index in [1.165, 1.54) is 30.6 Å². The first-order valence-corrected chi connectivity index (χ1v) is 16.2. The number of ether oxygens (including phenoxy) is 2. The average molecular weight is 560 g/mol. The maximum Gasteiger partial charge on any atom is 0.338 e. The highest BCUT2D eigenvalue weighted by Crippen LogP contribution is 2.69. The van der Waals surface area contributed by atoms with Gasteiger partial charge in [-0.05, 0) is 104 Å². The number of esters is 1. The van der Waals surface area contributed by atoms with Crippen molar-refractivity contribution in [3.8, 4) is 0 Å². The van der Waals surface area contributed by atoms with Crippen LogP contribution in [-0.4, -0.2) is 30.6 Å². The van der Waals surface area contributed by atoms with Gasteiger partial charge in [0.1, 0.15) is 12.2 Å². The molecule has 222 valence electrons. The number of allylic oxidation sites excluding steroid dienone is 2. The fourth-order valence-corrected chi connectivity index (χ4v) is 9.90. The highest BCUT2D eigenvalue weighted by Gasteiger charge is 2.63. The molecule has 1 aromatic rings. The van der Waals surface area contributed by atoms with Gasteiger partial charge in [-0.2, -0.15) is 0 Å². The van der Waals surface area contributed by atoms with Crippen LogP contribution in [0.2, 0.25) is 0 Å². The lowest BCUT2D eigenvalue weighted by Crippen LogP contribution is -2.50. The van der Waals surface area contributed by atoms with Crippen molar-refractivity contribution < 1.29 is 19.1 Å². The summed E-state index contributed by atoms with van der Waals surface area (Å²) in [5, 5.41) is 2.96. The van der Waals surface area contributed by atoms with E-state index < -0.39 is 0 Å². The van der Waals surface area contributed by atoms with Crippen molar-refractivity contribution in [1.82, 2.24) is 5.32 Å². The van der Waals surface area contributed by atoms with Crippen molar-refractivity contribution in [3.05, 3.63) is 58.9 Å². The summed E-state index contributed by atoms with van der Waals surface area (Å²) >= 11 is 0. The number of carbonyl (C=O) groups excluding carboxylic acids is 2. The van der Waals surface area contributed by atoms with Crippen LogP contribution in [-0.2, 0) is 14.3 Å². The number of carbonyl (C=O) groups is 2. The van der Waals surface area contributed by atoms with E-state index in [0.717, 1.165) is 45.1 Å². The summed E-state index contributed by atoms with van der Waals surface area (Å²) in [6, 6.07) is 9.40. The van der Waals surface area contributed by atoms with Crippen molar-refractivity contribution in [3.63, 3.8) is 0 Å². The molecule has 3 saturated carbocycles. The number of nitrogens with one attached hydrogen (secondary N) is 1. The molecule has 0 bridgehead atoms. The second kappa shape index (κ2) is 10.9. The summed E-state index contributed by atoms with van der Waals surface area (Å²) in [5.41, 5.74) is 4.22. The predicted octanol–water partition coefficient (Wildman–Crippen LogP) is 7.63. The molecular formula is C36H49NO4. The van der Waals surface area contributed by atoms with Gasteiger partial charge in [0.15, 0.2) is 0 Å². The van der Waals surface area contributed by atoms with Crippen molar-refractivity contribution >= 4 is 11.9 Å². The third-order valence-electron chi connectivity index (χ3n) is 12.1. The van der Waals surface area contributed by atoms with Crippen molar-refractivity contribution in [1.29, 1.82) is 0 Å². The van der Waals surface area contributed by atoms with Crippen LogP contribution >= 0.6 is 0 Å². The standard InChI is InChI=1S/C36H49NO4/c1-22(21-37-24(3)38)11-14-31-23(2)33-32(41-31)20-30-28-13-12-26-19-27(40-34(39)25-9-7-6-8-10-25)15-17-35(26,4)29(28)16-18-36(30,33)5/h6-10,12,22,27-30,32-33H,11,13-21H2,1-5H3,(H,37,38). The SMILES string of the molecule is CC(=O)NCC(C)CCC1=C(C)C2C(CC3C4CC=C5CC(OC(=O)c6ccccc6)CCC5(C)C4CCC32C)O1. The molecule has 5 aliphatic rings. The molecule has 1 amide bonds. The Labute approximate surface area is 246 Å². The average Bonchev–Trinajstić information content (AvgIpc) is 3.44. The van der Waals surface area contributed by atoms with Gasteiger partial charge in [-0.3, -0.25) is 4.79 Å². The van der Waals surface area contributed by atoms with E-state index in [9.17, 15) is 9.59 Å². The van der Waals surface area contributed by atoms with E-state index in [4.69, 9.17) is 9.47 Å². The molecule has 1 aromatic carbocycles. The van der Waals surface area contributed by atoms with Gasteiger partial charge in [-0.1, -0.05) is 50.6 Å². The van der Waals surface area contributed by atoms with Crippen LogP contribution in [0, 0.1) is 40.4 Å².